The molecule has 0 fully saturated rings. The van der Waals surface area contributed by atoms with Crippen LogP contribution in [0.5, 0.6) is 0 Å². The highest BCUT2D eigenvalue weighted by Crippen LogP contribution is 2.31. The molecule has 0 radical (unpaired) electrons. The Balaban J connectivity index is 2.34. The monoisotopic (exact) mass is 257 g/mol. The molecule has 1 heterocycles. The lowest BCUT2D eigenvalue weighted by Gasteiger charge is -2.20. The van der Waals surface area contributed by atoms with Gasteiger partial charge in [-0.2, -0.15) is 5.26 Å². The summed E-state index contributed by atoms with van der Waals surface area (Å²) in [7, 11) is 0. The van der Waals surface area contributed by atoms with Crippen molar-refractivity contribution in [1.29, 1.82) is 5.26 Å². The SMILES string of the molecule is Cc1nc(N(CCC#N)c2ccccc2)sc1C. The fourth-order valence-electron chi connectivity index (χ4n) is 1.68. The van der Waals surface area contributed by atoms with Crippen LogP contribution in [0.3, 0.4) is 0 Å². The molecule has 2 aromatic rings. The van der Waals surface area contributed by atoms with Crippen LogP contribution in [-0.2, 0) is 0 Å². The number of para-hydroxylation sites is 1. The van der Waals surface area contributed by atoms with Gasteiger partial charge in [-0.15, -0.1) is 11.3 Å². The summed E-state index contributed by atoms with van der Waals surface area (Å²) >= 11 is 1.67. The van der Waals surface area contributed by atoms with E-state index >= 15 is 0 Å². The van der Waals surface area contributed by atoms with E-state index < -0.39 is 0 Å². The molecule has 0 saturated carbocycles. The zero-order valence-electron chi connectivity index (χ0n) is 10.6. The lowest BCUT2D eigenvalue weighted by atomic mass is 10.3. The average molecular weight is 257 g/mol. The van der Waals surface area contributed by atoms with Gasteiger partial charge in [-0.05, 0) is 26.0 Å². The van der Waals surface area contributed by atoms with Crippen LogP contribution in [0.1, 0.15) is 17.0 Å². The second-order valence-corrected chi connectivity index (χ2v) is 5.21. The number of thiazole rings is 1. The van der Waals surface area contributed by atoms with Crippen LogP contribution in [0.4, 0.5) is 10.8 Å². The Kier molecular flexibility index (Phi) is 3.96. The topological polar surface area (TPSA) is 39.9 Å². The van der Waals surface area contributed by atoms with Crippen molar-refractivity contribution in [3.05, 3.63) is 40.9 Å². The Morgan fingerprint density at radius 1 is 1.28 bits per heavy atom. The summed E-state index contributed by atoms with van der Waals surface area (Å²) in [6.45, 7) is 4.76. The number of rotatable bonds is 4. The van der Waals surface area contributed by atoms with Crippen molar-refractivity contribution in [2.24, 2.45) is 0 Å². The molecule has 2 rings (SSSR count). The number of nitrogens with zero attached hydrogens (tertiary/aromatic N) is 3. The third-order valence-corrected chi connectivity index (χ3v) is 3.86. The standard InChI is InChI=1S/C14H15N3S/c1-11-12(2)18-14(16-11)17(10-6-9-15)13-7-4-3-5-8-13/h3-5,7-8H,6,10H2,1-2H3. The maximum atomic E-state index is 8.78. The van der Waals surface area contributed by atoms with Crippen LogP contribution in [0.2, 0.25) is 0 Å². The molecule has 18 heavy (non-hydrogen) atoms. The lowest BCUT2D eigenvalue weighted by molar-refractivity contribution is 0.937. The highest BCUT2D eigenvalue weighted by Gasteiger charge is 2.13. The summed E-state index contributed by atoms with van der Waals surface area (Å²) in [5.41, 5.74) is 2.15. The van der Waals surface area contributed by atoms with Crippen LogP contribution in [0, 0.1) is 25.2 Å². The van der Waals surface area contributed by atoms with Crippen molar-refractivity contribution in [3.8, 4) is 6.07 Å². The van der Waals surface area contributed by atoms with Gasteiger partial charge in [0.2, 0.25) is 0 Å². The van der Waals surface area contributed by atoms with E-state index in [0.717, 1.165) is 16.5 Å². The molecule has 1 aromatic carbocycles. The van der Waals surface area contributed by atoms with E-state index in [4.69, 9.17) is 5.26 Å². The Morgan fingerprint density at radius 2 is 2.00 bits per heavy atom. The first-order chi connectivity index (χ1) is 8.72. The first-order valence-electron chi connectivity index (χ1n) is 5.86. The highest BCUT2D eigenvalue weighted by atomic mass is 32.1. The number of aromatic nitrogens is 1. The van der Waals surface area contributed by atoms with Crippen LogP contribution in [-0.4, -0.2) is 11.5 Å². The van der Waals surface area contributed by atoms with Gasteiger partial charge < -0.3 is 4.90 Å². The number of hydrogen-bond donors (Lipinski definition) is 0. The molecule has 0 spiro atoms. The molecule has 4 heteroatoms. The third-order valence-electron chi connectivity index (χ3n) is 2.76. The molecule has 92 valence electrons. The van der Waals surface area contributed by atoms with E-state index in [1.54, 1.807) is 11.3 Å². The zero-order valence-corrected chi connectivity index (χ0v) is 11.4. The van der Waals surface area contributed by atoms with E-state index in [0.29, 0.717) is 13.0 Å². The third kappa shape index (κ3) is 2.69. The van der Waals surface area contributed by atoms with Gasteiger partial charge in [-0.3, -0.25) is 0 Å². The van der Waals surface area contributed by atoms with Gasteiger partial charge in [0.25, 0.3) is 0 Å². The summed E-state index contributed by atoms with van der Waals surface area (Å²) in [6, 6.07) is 12.3. The van der Waals surface area contributed by atoms with Gasteiger partial charge in [0.1, 0.15) is 0 Å². The van der Waals surface area contributed by atoms with Crippen LogP contribution in [0.15, 0.2) is 30.3 Å². The summed E-state index contributed by atoms with van der Waals surface area (Å²) < 4.78 is 0. The molecule has 0 aliphatic heterocycles. The van der Waals surface area contributed by atoms with Crippen LogP contribution in [0.25, 0.3) is 0 Å². The Morgan fingerprint density at radius 3 is 2.56 bits per heavy atom. The lowest BCUT2D eigenvalue weighted by Crippen LogP contribution is -2.17. The normalized spacial score (nSPS) is 10.1. The molecule has 0 unspecified atom stereocenters. The fourth-order valence-corrected chi connectivity index (χ4v) is 2.63. The summed E-state index contributed by atoms with van der Waals surface area (Å²) in [5.74, 6) is 0. The zero-order chi connectivity index (χ0) is 13.0. The second kappa shape index (κ2) is 5.65. The maximum absolute atomic E-state index is 8.78. The Hall–Kier alpha value is -1.86. The van der Waals surface area contributed by atoms with Gasteiger partial charge >= 0.3 is 0 Å². The summed E-state index contributed by atoms with van der Waals surface area (Å²) in [4.78, 5) is 7.90. The molecular formula is C14H15N3S. The molecule has 0 aliphatic rings. The summed E-state index contributed by atoms with van der Waals surface area (Å²) in [5, 5.41) is 9.74. The van der Waals surface area contributed by atoms with Gasteiger partial charge in [0.15, 0.2) is 5.13 Å². The van der Waals surface area contributed by atoms with E-state index in [9.17, 15) is 0 Å². The van der Waals surface area contributed by atoms with Crippen molar-refractivity contribution in [1.82, 2.24) is 4.98 Å². The first kappa shape index (κ1) is 12.6. The number of aryl methyl sites for hydroxylation is 2. The Labute approximate surface area is 111 Å². The van der Waals surface area contributed by atoms with Gasteiger partial charge in [-0.1, -0.05) is 18.2 Å². The van der Waals surface area contributed by atoms with E-state index in [-0.39, 0.29) is 0 Å². The Bertz CT molecular complexity index is 535. The van der Waals surface area contributed by atoms with Gasteiger partial charge in [-0.25, -0.2) is 4.98 Å². The smallest absolute Gasteiger partial charge is 0.190 e. The van der Waals surface area contributed by atoms with Crippen LogP contribution < -0.4 is 4.90 Å². The molecular weight excluding hydrogens is 242 g/mol. The number of anilines is 2. The van der Waals surface area contributed by atoms with Crippen molar-refractivity contribution < 1.29 is 0 Å². The van der Waals surface area contributed by atoms with E-state index in [2.05, 4.69) is 22.9 Å². The number of nitriles is 1. The minimum Gasteiger partial charge on any atom is -0.317 e. The average Bonchev–Trinajstić information content (AvgIpc) is 2.71. The first-order valence-corrected chi connectivity index (χ1v) is 6.67. The minimum absolute atomic E-state index is 0.493. The molecule has 3 nitrogen and oxygen atoms in total. The minimum atomic E-state index is 0.493. The number of hydrogen-bond acceptors (Lipinski definition) is 4. The molecule has 0 saturated heterocycles. The fraction of sp³-hybridized carbons (Fsp3) is 0.286. The highest BCUT2D eigenvalue weighted by molar-refractivity contribution is 7.15. The quantitative estimate of drug-likeness (QED) is 0.836. The molecule has 0 bridgehead atoms. The largest absolute Gasteiger partial charge is 0.317 e. The second-order valence-electron chi connectivity index (χ2n) is 4.03. The predicted octanol–water partition coefficient (Wildman–Crippen LogP) is 3.81. The predicted molar refractivity (Wildman–Crippen MR) is 75.3 cm³/mol. The van der Waals surface area contributed by atoms with Crippen LogP contribution >= 0.6 is 11.3 Å². The molecule has 0 N–H and O–H groups in total. The molecule has 1 aromatic heterocycles. The van der Waals surface area contributed by atoms with Crippen molar-refractivity contribution in [2.45, 2.75) is 20.3 Å². The van der Waals surface area contributed by atoms with E-state index in [1.807, 2.05) is 37.3 Å². The van der Waals surface area contributed by atoms with Gasteiger partial charge in [0, 0.05) is 17.1 Å². The van der Waals surface area contributed by atoms with Gasteiger partial charge in [0.05, 0.1) is 18.2 Å². The molecule has 0 amide bonds. The van der Waals surface area contributed by atoms with Crippen molar-refractivity contribution in [3.63, 3.8) is 0 Å². The molecule has 0 atom stereocenters. The summed E-state index contributed by atoms with van der Waals surface area (Å²) in [6.07, 6.45) is 0.493. The molecule has 0 aliphatic carbocycles. The van der Waals surface area contributed by atoms with Crippen molar-refractivity contribution >= 4 is 22.2 Å². The maximum Gasteiger partial charge on any atom is 0.190 e. The van der Waals surface area contributed by atoms with E-state index in [1.165, 1.54) is 4.88 Å². The number of benzene rings is 1. The van der Waals surface area contributed by atoms with Crippen molar-refractivity contribution in [2.75, 3.05) is 11.4 Å².